The van der Waals surface area contributed by atoms with Gasteiger partial charge in [0.05, 0.1) is 6.04 Å². The molecule has 1 aliphatic rings. The van der Waals surface area contributed by atoms with Gasteiger partial charge < -0.3 is 10.2 Å². The third kappa shape index (κ3) is 4.74. The minimum Gasteiger partial charge on any atom is -0.369 e. The van der Waals surface area contributed by atoms with Crippen molar-refractivity contribution in [3.63, 3.8) is 0 Å². The van der Waals surface area contributed by atoms with Crippen LogP contribution in [0.15, 0.2) is 48.5 Å². The number of anilines is 1. The smallest absolute Gasteiger partial charge is 0.237 e. The molecular formula is C20H23ClFN3O. The van der Waals surface area contributed by atoms with Gasteiger partial charge in [0.15, 0.2) is 0 Å². The molecule has 26 heavy (non-hydrogen) atoms. The predicted octanol–water partition coefficient (Wildman–Crippen LogP) is 3.31. The Bertz CT molecular complexity index is 745. The summed E-state index contributed by atoms with van der Waals surface area (Å²) in [7, 11) is 0. The van der Waals surface area contributed by atoms with Gasteiger partial charge >= 0.3 is 0 Å². The molecule has 1 fully saturated rings. The summed E-state index contributed by atoms with van der Waals surface area (Å²) in [6.07, 6.45) is 0. The van der Waals surface area contributed by atoms with E-state index in [4.69, 9.17) is 11.6 Å². The van der Waals surface area contributed by atoms with E-state index in [0.717, 1.165) is 42.5 Å². The van der Waals surface area contributed by atoms with Crippen LogP contribution in [-0.4, -0.2) is 43.0 Å². The van der Waals surface area contributed by atoms with Gasteiger partial charge in [-0.05, 0) is 42.8 Å². The second-order valence-corrected chi connectivity index (χ2v) is 6.96. The van der Waals surface area contributed by atoms with Crippen molar-refractivity contribution in [2.45, 2.75) is 19.5 Å². The van der Waals surface area contributed by atoms with Crippen LogP contribution in [0.2, 0.25) is 5.02 Å². The normalized spacial score (nSPS) is 16.3. The van der Waals surface area contributed by atoms with Gasteiger partial charge in [-0.25, -0.2) is 4.39 Å². The van der Waals surface area contributed by atoms with Gasteiger partial charge in [-0.3, -0.25) is 9.69 Å². The highest BCUT2D eigenvalue weighted by atomic mass is 35.5. The predicted molar refractivity (Wildman–Crippen MR) is 103 cm³/mol. The molecule has 0 saturated carbocycles. The summed E-state index contributed by atoms with van der Waals surface area (Å²) in [5, 5.41) is 3.67. The second kappa shape index (κ2) is 8.52. The van der Waals surface area contributed by atoms with Gasteiger partial charge in [0.1, 0.15) is 5.82 Å². The molecule has 0 aromatic heterocycles. The van der Waals surface area contributed by atoms with Crippen molar-refractivity contribution in [1.82, 2.24) is 10.2 Å². The zero-order chi connectivity index (χ0) is 18.5. The summed E-state index contributed by atoms with van der Waals surface area (Å²) in [5.74, 6) is -0.281. The number of amides is 1. The SMILES string of the molecule is CC(C(=O)NCc1ccc(F)cc1)N1CCN(c2cccc(Cl)c2)CC1. The van der Waals surface area contributed by atoms with Crippen LogP contribution in [0.1, 0.15) is 12.5 Å². The number of halogens is 2. The lowest BCUT2D eigenvalue weighted by Crippen LogP contribution is -2.53. The van der Waals surface area contributed by atoms with E-state index < -0.39 is 0 Å². The molecule has 1 saturated heterocycles. The topological polar surface area (TPSA) is 35.6 Å². The lowest BCUT2D eigenvalue weighted by atomic mass is 10.2. The number of rotatable bonds is 5. The van der Waals surface area contributed by atoms with E-state index in [1.165, 1.54) is 12.1 Å². The third-order valence-corrected chi connectivity index (χ3v) is 5.03. The number of carbonyl (C=O) groups excluding carboxylic acids is 1. The Morgan fingerprint density at radius 2 is 1.85 bits per heavy atom. The minimum absolute atomic E-state index is 0.00877. The monoisotopic (exact) mass is 375 g/mol. The lowest BCUT2D eigenvalue weighted by molar-refractivity contribution is -0.126. The summed E-state index contributed by atoms with van der Waals surface area (Å²) in [5.41, 5.74) is 2.00. The Hall–Kier alpha value is -2.11. The van der Waals surface area contributed by atoms with E-state index in [1.54, 1.807) is 12.1 Å². The molecule has 1 N–H and O–H groups in total. The number of hydrogen-bond donors (Lipinski definition) is 1. The Morgan fingerprint density at radius 1 is 1.15 bits per heavy atom. The first-order valence-electron chi connectivity index (χ1n) is 8.79. The zero-order valence-electron chi connectivity index (χ0n) is 14.8. The highest BCUT2D eigenvalue weighted by molar-refractivity contribution is 6.30. The van der Waals surface area contributed by atoms with Crippen LogP contribution in [0.5, 0.6) is 0 Å². The summed E-state index contributed by atoms with van der Waals surface area (Å²) in [6, 6.07) is 13.8. The van der Waals surface area contributed by atoms with Crippen LogP contribution in [0, 0.1) is 5.82 Å². The maximum absolute atomic E-state index is 12.9. The molecule has 3 rings (SSSR count). The molecule has 1 aliphatic heterocycles. The average Bonchev–Trinajstić information content (AvgIpc) is 2.67. The molecule has 1 heterocycles. The number of piperazine rings is 1. The Balaban J connectivity index is 1.48. The van der Waals surface area contributed by atoms with Crippen molar-refractivity contribution in [2.24, 2.45) is 0 Å². The summed E-state index contributed by atoms with van der Waals surface area (Å²) in [6.45, 7) is 5.68. The molecule has 0 radical (unpaired) electrons. The fraction of sp³-hybridized carbons (Fsp3) is 0.350. The quantitative estimate of drug-likeness (QED) is 0.870. The summed E-state index contributed by atoms with van der Waals surface area (Å²) in [4.78, 5) is 16.9. The average molecular weight is 376 g/mol. The van der Waals surface area contributed by atoms with Gasteiger partial charge in [-0.1, -0.05) is 29.8 Å². The van der Waals surface area contributed by atoms with Gasteiger partial charge in [-0.15, -0.1) is 0 Å². The minimum atomic E-state index is -0.272. The number of hydrogen-bond acceptors (Lipinski definition) is 3. The van der Waals surface area contributed by atoms with Crippen molar-refractivity contribution < 1.29 is 9.18 Å². The molecule has 4 nitrogen and oxygen atoms in total. The number of benzene rings is 2. The van der Waals surface area contributed by atoms with Gasteiger partial charge in [0.25, 0.3) is 0 Å². The Labute approximate surface area is 158 Å². The number of carbonyl (C=O) groups is 1. The number of nitrogens with zero attached hydrogens (tertiary/aromatic N) is 2. The van der Waals surface area contributed by atoms with Gasteiger partial charge in [-0.2, -0.15) is 0 Å². The van der Waals surface area contributed by atoms with Crippen molar-refractivity contribution in [2.75, 3.05) is 31.1 Å². The molecule has 138 valence electrons. The van der Waals surface area contributed by atoms with Crippen molar-refractivity contribution in [3.8, 4) is 0 Å². The fourth-order valence-electron chi connectivity index (χ4n) is 3.15. The molecule has 0 aliphatic carbocycles. The van der Waals surface area contributed by atoms with E-state index >= 15 is 0 Å². The van der Waals surface area contributed by atoms with Crippen LogP contribution >= 0.6 is 11.6 Å². The highest BCUT2D eigenvalue weighted by Gasteiger charge is 2.25. The van der Waals surface area contributed by atoms with Crippen molar-refractivity contribution in [3.05, 3.63) is 64.9 Å². The first-order chi connectivity index (χ1) is 12.5. The van der Waals surface area contributed by atoms with Gasteiger partial charge in [0.2, 0.25) is 5.91 Å². The van der Waals surface area contributed by atoms with E-state index in [2.05, 4.69) is 21.2 Å². The maximum Gasteiger partial charge on any atom is 0.237 e. The molecule has 0 bridgehead atoms. The highest BCUT2D eigenvalue weighted by Crippen LogP contribution is 2.21. The third-order valence-electron chi connectivity index (χ3n) is 4.79. The molecule has 0 spiro atoms. The molecule has 2 aromatic carbocycles. The largest absolute Gasteiger partial charge is 0.369 e. The van der Waals surface area contributed by atoms with E-state index in [-0.39, 0.29) is 17.8 Å². The molecular weight excluding hydrogens is 353 g/mol. The summed E-state index contributed by atoms with van der Waals surface area (Å²) < 4.78 is 12.9. The molecule has 2 aromatic rings. The van der Waals surface area contributed by atoms with Crippen LogP contribution < -0.4 is 10.2 Å². The maximum atomic E-state index is 12.9. The van der Waals surface area contributed by atoms with Crippen LogP contribution in [0.25, 0.3) is 0 Å². The Morgan fingerprint density at radius 3 is 2.50 bits per heavy atom. The van der Waals surface area contributed by atoms with Crippen LogP contribution in [0.4, 0.5) is 10.1 Å². The molecule has 6 heteroatoms. The Kier molecular flexibility index (Phi) is 6.12. The molecule has 1 atom stereocenters. The first-order valence-corrected chi connectivity index (χ1v) is 9.17. The molecule has 1 amide bonds. The van der Waals surface area contributed by atoms with E-state index in [0.29, 0.717) is 6.54 Å². The van der Waals surface area contributed by atoms with Crippen LogP contribution in [0.3, 0.4) is 0 Å². The second-order valence-electron chi connectivity index (χ2n) is 6.52. The van der Waals surface area contributed by atoms with Gasteiger partial charge in [0, 0.05) is 43.4 Å². The van der Waals surface area contributed by atoms with E-state index in [1.807, 2.05) is 25.1 Å². The lowest BCUT2D eigenvalue weighted by Gasteiger charge is -2.38. The van der Waals surface area contributed by atoms with Crippen molar-refractivity contribution >= 4 is 23.2 Å². The van der Waals surface area contributed by atoms with E-state index in [9.17, 15) is 9.18 Å². The van der Waals surface area contributed by atoms with Crippen molar-refractivity contribution in [1.29, 1.82) is 0 Å². The summed E-state index contributed by atoms with van der Waals surface area (Å²) >= 11 is 6.07. The zero-order valence-corrected chi connectivity index (χ0v) is 15.5. The fourth-order valence-corrected chi connectivity index (χ4v) is 3.33. The standard InChI is InChI=1S/C20H23ClFN3O/c1-15(20(26)23-14-16-5-7-18(22)8-6-16)24-9-11-25(12-10-24)19-4-2-3-17(21)13-19/h2-8,13,15H,9-12,14H2,1H3,(H,23,26). The number of nitrogens with one attached hydrogen (secondary N) is 1. The molecule has 1 unspecified atom stereocenters. The first kappa shape index (κ1) is 18.7. The van der Waals surface area contributed by atoms with Crippen LogP contribution in [-0.2, 0) is 11.3 Å².